The van der Waals surface area contributed by atoms with Gasteiger partial charge in [0.05, 0.1) is 0 Å². The third-order valence-electron chi connectivity index (χ3n) is 4.72. The van der Waals surface area contributed by atoms with Crippen molar-refractivity contribution in [3.05, 3.63) is 58.7 Å². The van der Waals surface area contributed by atoms with E-state index in [4.69, 9.17) is 14.6 Å². The van der Waals surface area contributed by atoms with Crippen molar-refractivity contribution in [1.82, 2.24) is 5.32 Å². The van der Waals surface area contributed by atoms with Gasteiger partial charge in [-0.2, -0.15) is 0 Å². The van der Waals surface area contributed by atoms with Crippen molar-refractivity contribution in [2.45, 2.75) is 26.2 Å². The van der Waals surface area contributed by atoms with Crippen molar-refractivity contribution < 1.29 is 24.2 Å². The van der Waals surface area contributed by atoms with Crippen LogP contribution >= 0.6 is 0 Å². The fourth-order valence-corrected chi connectivity index (χ4v) is 3.04. The van der Waals surface area contributed by atoms with Crippen molar-refractivity contribution in [2.75, 3.05) is 19.8 Å². The molecule has 2 aromatic rings. The SMILES string of the molecule is Cc1cc2c(cc1C)C(C(=O)NCCc1ccc(OCC(=O)O)cc1)CO2. The Labute approximate surface area is 158 Å². The standard InChI is InChI=1S/C21H23NO5/c1-13-9-17-18(11-27-19(17)10-14(13)2)21(25)22-8-7-15-3-5-16(6-4-15)26-12-20(23)24/h3-6,9-10,18H,7-8,11-12H2,1-2H3,(H,22,25)(H,23,24). The van der Waals surface area contributed by atoms with Crippen LogP contribution in [0.1, 0.15) is 28.2 Å². The number of carbonyl (C=O) groups is 2. The lowest BCUT2D eigenvalue weighted by Crippen LogP contribution is -2.31. The van der Waals surface area contributed by atoms with Crippen LogP contribution in [0.25, 0.3) is 0 Å². The number of carboxylic acid groups (broad SMARTS) is 1. The van der Waals surface area contributed by atoms with Crippen LogP contribution in [0.4, 0.5) is 0 Å². The number of aryl methyl sites for hydroxylation is 2. The van der Waals surface area contributed by atoms with E-state index in [1.54, 1.807) is 12.1 Å². The summed E-state index contributed by atoms with van der Waals surface area (Å²) in [5.74, 6) is -0.000113. The molecule has 142 valence electrons. The topological polar surface area (TPSA) is 84.9 Å². The highest BCUT2D eigenvalue weighted by atomic mass is 16.5. The van der Waals surface area contributed by atoms with Crippen LogP contribution in [-0.2, 0) is 16.0 Å². The van der Waals surface area contributed by atoms with Crippen LogP contribution in [0.2, 0.25) is 0 Å². The Bertz CT molecular complexity index is 844. The van der Waals surface area contributed by atoms with E-state index >= 15 is 0 Å². The molecule has 27 heavy (non-hydrogen) atoms. The van der Waals surface area contributed by atoms with Gasteiger partial charge in [0.15, 0.2) is 6.61 Å². The molecule has 6 nitrogen and oxygen atoms in total. The van der Waals surface area contributed by atoms with E-state index in [1.807, 2.05) is 38.1 Å². The molecule has 6 heteroatoms. The Kier molecular flexibility index (Phi) is 5.64. The molecule has 0 saturated heterocycles. The molecule has 0 spiro atoms. The molecule has 0 bridgehead atoms. The molecule has 2 N–H and O–H groups in total. The van der Waals surface area contributed by atoms with Gasteiger partial charge in [0.2, 0.25) is 5.91 Å². The molecule has 2 aromatic carbocycles. The van der Waals surface area contributed by atoms with Crippen molar-refractivity contribution in [3.63, 3.8) is 0 Å². The molecule has 1 atom stereocenters. The maximum absolute atomic E-state index is 12.5. The molecule has 3 rings (SSSR count). The molecule has 0 aromatic heterocycles. The van der Waals surface area contributed by atoms with Gasteiger partial charge in [-0.15, -0.1) is 0 Å². The molecule has 0 radical (unpaired) electrons. The normalized spacial score (nSPS) is 15.0. The summed E-state index contributed by atoms with van der Waals surface area (Å²) in [4.78, 5) is 23.0. The number of benzene rings is 2. The maximum Gasteiger partial charge on any atom is 0.341 e. The van der Waals surface area contributed by atoms with Crippen LogP contribution in [0.5, 0.6) is 11.5 Å². The molecule has 1 heterocycles. The number of carbonyl (C=O) groups excluding carboxylic acids is 1. The molecule has 1 amide bonds. The first-order valence-electron chi connectivity index (χ1n) is 8.89. The van der Waals surface area contributed by atoms with Crippen LogP contribution in [0.3, 0.4) is 0 Å². The van der Waals surface area contributed by atoms with E-state index in [1.165, 1.54) is 0 Å². The minimum Gasteiger partial charge on any atom is -0.492 e. The van der Waals surface area contributed by atoms with Crippen LogP contribution in [0.15, 0.2) is 36.4 Å². The third kappa shape index (κ3) is 4.58. The zero-order valence-electron chi connectivity index (χ0n) is 15.5. The number of amides is 1. The van der Waals surface area contributed by atoms with E-state index in [0.29, 0.717) is 25.3 Å². The molecular weight excluding hydrogens is 346 g/mol. The summed E-state index contributed by atoms with van der Waals surface area (Å²) in [5, 5.41) is 11.6. The Morgan fingerprint density at radius 1 is 1.19 bits per heavy atom. The van der Waals surface area contributed by atoms with Crippen molar-refractivity contribution in [1.29, 1.82) is 0 Å². The summed E-state index contributed by atoms with van der Waals surface area (Å²) in [5.41, 5.74) is 4.30. The van der Waals surface area contributed by atoms with Gasteiger partial charge in [-0.3, -0.25) is 4.79 Å². The second-order valence-electron chi connectivity index (χ2n) is 6.71. The van der Waals surface area contributed by atoms with E-state index in [9.17, 15) is 9.59 Å². The Morgan fingerprint density at radius 3 is 2.59 bits per heavy atom. The van der Waals surface area contributed by atoms with Crippen LogP contribution < -0.4 is 14.8 Å². The number of carboxylic acids is 1. The number of aliphatic carboxylic acids is 1. The summed E-state index contributed by atoms with van der Waals surface area (Å²) in [7, 11) is 0. The minimum atomic E-state index is -1.01. The van der Waals surface area contributed by atoms with Gasteiger partial charge < -0.3 is 19.9 Å². The first-order chi connectivity index (χ1) is 12.9. The number of hydrogen-bond acceptors (Lipinski definition) is 4. The average Bonchev–Trinajstić information content (AvgIpc) is 3.04. The van der Waals surface area contributed by atoms with Gasteiger partial charge in [-0.05, 0) is 55.2 Å². The summed E-state index contributed by atoms with van der Waals surface area (Å²) in [6, 6.07) is 11.2. The van der Waals surface area contributed by atoms with Gasteiger partial charge in [0.1, 0.15) is 24.0 Å². The fraction of sp³-hybridized carbons (Fsp3) is 0.333. The Hall–Kier alpha value is -3.02. The number of fused-ring (bicyclic) bond motifs is 1. The first kappa shape index (κ1) is 18.8. The predicted molar refractivity (Wildman–Crippen MR) is 100 cm³/mol. The molecule has 0 fully saturated rings. The largest absolute Gasteiger partial charge is 0.492 e. The first-order valence-corrected chi connectivity index (χ1v) is 8.89. The highest BCUT2D eigenvalue weighted by Gasteiger charge is 2.30. The number of hydrogen-bond donors (Lipinski definition) is 2. The predicted octanol–water partition coefficient (Wildman–Crippen LogP) is 2.60. The number of ether oxygens (including phenoxy) is 2. The second-order valence-corrected chi connectivity index (χ2v) is 6.71. The zero-order chi connectivity index (χ0) is 19.4. The van der Waals surface area contributed by atoms with E-state index in [0.717, 1.165) is 28.0 Å². The van der Waals surface area contributed by atoms with Gasteiger partial charge >= 0.3 is 5.97 Å². The quantitative estimate of drug-likeness (QED) is 0.784. The summed E-state index contributed by atoms with van der Waals surface area (Å²) >= 11 is 0. The highest BCUT2D eigenvalue weighted by molar-refractivity contribution is 5.85. The van der Waals surface area contributed by atoms with Crippen molar-refractivity contribution in [3.8, 4) is 11.5 Å². The monoisotopic (exact) mass is 369 g/mol. The van der Waals surface area contributed by atoms with Gasteiger partial charge in [-0.1, -0.05) is 18.2 Å². The van der Waals surface area contributed by atoms with Gasteiger partial charge in [0, 0.05) is 12.1 Å². The van der Waals surface area contributed by atoms with E-state index < -0.39 is 5.97 Å². The lowest BCUT2D eigenvalue weighted by Gasteiger charge is -2.11. The number of nitrogens with one attached hydrogen (secondary N) is 1. The Balaban J connectivity index is 1.51. The van der Waals surface area contributed by atoms with E-state index in [2.05, 4.69) is 5.32 Å². The minimum absolute atomic E-state index is 0.0292. The smallest absolute Gasteiger partial charge is 0.341 e. The average molecular weight is 369 g/mol. The summed E-state index contributed by atoms with van der Waals surface area (Å²) in [6.45, 7) is 4.60. The lowest BCUT2D eigenvalue weighted by atomic mass is 9.96. The molecule has 0 saturated carbocycles. The zero-order valence-corrected chi connectivity index (χ0v) is 15.5. The van der Waals surface area contributed by atoms with Gasteiger partial charge in [0.25, 0.3) is 0 Å². The van der Waals surface area contributed by atoms with Crippen molar-refractivity contribution >= 4 is 11.9 Å². The van der Waals surface area contributed by atoms with Crippen LogP contribution in [-0.4, -0.2) is 36.7 Å². The molecule has 1 unspecified atom stereocenters. The van der Waals surface area contributed by atoms with Gasteiger partial charge in [-0.25, -0.2) is 4.79 Å². The van der Waals surface area contributed by atoms with Crippen LogP contribution in [0, 0.1) is 13.8 Å². The number of rotatable bonds is 7. The fourth-order valence-electron chi connectivity index (χ4n) is 3.04. The maximum atomic E-state index is 12.5. The molecular formula is C21H23NO5. The third-order valence-corrected chi connectivity index (χ3v) is 4.72. The van der Waals surface area contributed by atoms with Crippen molar-refractivity contribution in [2.24, 2.45) is 0 Å². The lowest BCUT2D eigenvalue weighted by molar-refractivity contribution is -0.139. The highest BCUT2D eigenvalue weighted by Crippen LogP contribution is 2.36. The molecule has 0 aliphatic carbocycles. The Morgan fingerprint density at radius 2 is 1.89 bits per heavy atom. The van der Waals surface area contributed by atoms with E-state index in [-0.39, 0.29) is 18.4 Å². The molecule has 1 aliphatic heterocycles. The summed E-state index contributed by atoms with van der Waals surface area (Å²) in [6.07, 6.45) is 0.679. The summed E-state index contributed by atoms with van der Waals surface area (Å²) < 4.78 is 10.8. The second kappa shape index (κ2) is 8.12. The molecule has 1 aliphatic rings.